The van der Waals surface area contributed by atoms with Gasteiger partial charge in [-0.1, -0.05) is 23.2 Å². The van der Waals surface area contributed by atoms with Gasteiger partial charge in [-0.3, -0.25) is 9.69 Å². The van der Waals surface area contributed by atoms with Crippen LogP contribution in [-0.4, -0.2) is 53.8 Å². The lowest BCUT2D eigenvalue weighted by Gasteiger charge is -2.41. The maximum atomic E-state index is 12.8. The molecule has 27 heavy (non-hydrogen) atoms. The lowest BCUT2D eigenvalue weighted by molar-refractivity contribution is -0.00513. The normalized spacial score (nSPS) is 20.5. The van der Waals surface area contributed by atoms with Crippen LogP contribution in [0.2, 0.25) is 10.0 Å². The van der Waals surface area contributed by atoms with Crippen molar-refractivity contribution in [2.75, 3.05) is 20.1 Å². The van der Waals surface area contributed by atoms with Gasteiger partial charge >= 0.3 is 6.09 Å². The van der Waals surface area contributed by atoms with Crippen LogP contribution in [0.15, 0.2) is 0 Å². The summed E-state index contributed by atoms with van der Waals surface area (Å²) in [6.07, 6.45) is 0.766. The standard InChI is InChI=1S/C18H28Cl2N4O3/c1-10-12(19)13(20)14(22-10)16(25)23-15-11(9-21-5)7-6-8-24(15)17(26)27-18(2,3)4/h11,15,21-22H,6-9H2,1-5H3,(H,23,25)/t11-,15-/m1/s1. The van der Waals surface area contributed by atoms with Crippen LogP contribution in [0.1, 0.15) is 49.8 Å². The molecule has 1 aliphatic heterocycles. The fourth-order valence-corrected chi connectivity index (χ4v) is 3.62. The van der Waals surface area contributed by atoms with Gasteiger partial charge in [0.25, 0.3) is 5.91 Å². The van der Waals surface area contributed by atoms with E-state index in [0.29, 0.717) is 23.8 Å². The topological polar surface area (TPSA) is 86.5 Å². The first-order chi connectivity index (χ1) is 12.5. The Labute approximate surface area is 170 Å². The number of aryl methyl sites for hydroxylation is 1. The molecule has 1 aromatic rings. The molecule has 0 spiro atoms. The van der Waals surface area contributed by atoms with Gasteiger partial charge in [0.15, 0.2) is 0 Å². The molecule has 0 bridgehead atoms. The van der Waals surface area contributed by atoms with Crippen LogP contribution in [-0.2, 0) is 4.74 Å². The summed E-state index contributed by atoms with van der Waals surface area (Å²) in [6, 6.07) is 0. The number of hydrogen-bond acceptors (Lipinski definition) is 4. The van der Waals surface area contributed by atoms with E-state index in [2.05, 4.69) is 15.6 Å². The van der Waals surface area contributed by atoms with E-state index in [-0.39, 0.29) is 16.6 Å². The number of aromatic nitrogens is 1. The number of nitrogens with one attached hydrogen (secondary N) is 3. The zero-order valence-corrected chi connectivity index (χ0v) is 17.9. The minimum atomic E-state index is -0.616. The number of carbonyl (C=O) groups is 2. The van der Waals surface area contributed by atoms with Crippen molar-refractivity contribution in [1.82, 2.24) is 20.5 Å². The molecule has 1 aromatic heterocycles. The summed E-state index contributed by atoms with van der Waals surface area (Å²) < 4.78 is 5.53. The van der Waals surface area contributed by atoms with E-state index in [0.717, 1.165) is 12.8 Å². The molecule has 0 aliphatic carbocycles. The van der Waals surface area contributed by atoms with Crippen molar-refractivity contribution in [3.8, 4) is 0 Å². The van der Waals surface area contributed by atoms with Gasteiger partial charge < -0.3 is 20.4 Å². The molecular weight excluding hydrogens is 391 g/mol. The summed E-state index contributed by atoms with van der Waals surface area (Å²) in [6.45, 7) is 8.36. The Morgan fingerprint density at radius 3 is 2.48 bits per heavy atom. The highest BCUT2D eigenvalue weighted by Gasteiger charge is 2.38. The maximum Gasteiger partial charge on any atom is 0.411 e. The molecule has 7 nitrogen and oxygen atoms in total. The third-order valence-corrected chi connectivity index (χ3v) is 5.36. The second-order valence-electron chi connectivity index (χ2n) is 7.80. The number of carbonyl (C=O) groups excluding carboxylic acids is 2. The van der Waals surface area contributed by atoms with Gasteiger partial charge in [0, 0.05) is 24.7 Å². The van der Waals surface area contributed by atoms with Gasteiger partial charge in [0.2, 0.25) is 0 Å². The highest BCUT2D eigenvalue weighted by atomic mass is 35.5. The van der Waals surface area contributed by atoms with Gasteiger partial charge in [-0.05, 0) is 47.6 Å². The van der Waals surface area contributed by atoms with E-state index in [1.54, 1.807) is 11.8 Å². The van der Waals surface area contributed by atoms with E-state index in [1.165, 1.54) is 0 Å². The van der Waals surface area contributed by atoms with Gasteiger partial charge in [-0.25, -0.2) is 4.79 Å². The number of rotatable bonds is 4. The fraction of sp³-hybridized carbons (Fsp3) is 0.667. The number of likely N-dealkylation sites (tertiary alicyclic amines) is 1. The molecule has 2 amide bonds. The Bertz CT molecular complexity index is 698. The van der Waals surface area contributed by atoms with Crippen LogP contribution in [0, 0.1) is 12.8 Å². The second kappa shape index (κ2) is 8.71. The number of ether oxygens (including phenoxy) is 1. The lowest BCUT2D eigenvalue weighted by atomic mass is 9.94. The van der Waals surface area contributed by atoms with Gasteiger partial charge in [-0.15, -0.1) is 0 Å². The minimum absolute atomic E-state index is 0.0468. The average Bonchev–Trinajstić information content (AvgIpc) is 2.82. The zero-order valence-electron chi connectivity index (χ0n) is 16.4. The lowest BCUT2D eigenvalue weighted by Crippen LogP contribution is -2.59. The van der Waals surface area contributed by atoms with Crippen LogP contribution < -0.4 is 10.6 Å². The van der Waals surface area contributed by atoms with Crippen molar-refractivity contribution in [3.63, 3.8) is 0 Å². The van der Waals surface area contributed by atoms with Crippen LogP contribution in [0.4, 0.5) is 4.79 Å². The number of halogens is 2. The summed E-state index contributed by atoms with van der Waals surface area (Å²) in [5.74, 6) is -0.359. The largest absolute Gasteiger partial charge is 0.444 e. The molecule has 0 radical (unpaired) electrons. The van der Waals surface area contributed by atoms with E-state index in [9.17, 15) is 9.59 Å². The SMILES string of the molecule is CNC[C@H]1CCCN(C(=O)OC(C)(C)C)[C@H]1NC(=O)c1[nH]c(C)c(Cl)c1Cl. The summed E-state index contributed by atoms with van der Waals surface area (Å²) in [4.78, 5) is 30.0. The first-order valence-corrected chi connectivity index (χ1v) is 9.79. The van der Waals surface area contributed by atoms with Crippen molar-refractivity contribution in [3.05, 3.63) is 21.4 Å². The van der Waals surface area contributed by atoms with Gasteiger partial charge in [-0.2, -0.15) is 0 Å². The number of piperidine rings is 1. The van der Waals surface area contributed by atoms with E-state index < -0.39 is 23.8 Å². The number of hydrogen-bond donors (Lipinski definition) is 3. The van der Waals surface area contributed by atoms with Crippen molar-refractivity contribution in [1.29, 1.82) is 0 Å². The average molecular weight is 419 g/mol. The molecule has 1 fully saturated rings. The summed E-state index contributed by atoms with van der Waals surface area (Å²) >= 11 is 12.2. The highest BCUT2D eigenvalue weighted by Crippen LogP contribution is 2.30. The quantitative estimate of drug-likeness (QED) is 0.697. The van der Waals surface area contributed by atoms with Crippen molar-refractivity contribution in [2.45, 2.75) is 52.3 Å². The maximum absolute atomic E-state index is 12.8. The molecule has 1 aliphatic rings. The summed E-state index contributed by atoms with van der Waals surface area (Å²) in [5.41, 5.74) is 0.193. The number of amides is 2. The third-order valence-electron chi connectivity index (χ3n) is 4.41. The molecule has 0 aromatic carbocycles. The fourth-order valence-electron chi connectivity index (χ4n) is 3.21. The second-order valence-corrected chi connectivity index (χ2v) is 8.56. The number of aromatic amines is 1. The Kier molecular flexibility index (Phi) is 7.05. The Hall–Kier alpha value is -1.44. The molecule has 9 heteroatoms. The van der Waals surface area contributed by atoms with Crippen LogP contribution in [0.25, 0.3) is 0 Å². The smallest absolute Gasteiger partial charge is 0.411 e. The molecule has 0 unspecified atom stereocenters. The number of H-pyrrole nitrogens is 1. The van der Waals surface area contributed by atoms with E-state index in [1.807, 2.05) is 27.8 Å². The molecule has 3 N–H and O–H groups in total. The molecule has 1 saturated heterocycles. The Morgan fingerprint density at radius 1 is 1.30 bits per heavy atom. The van der Waals surface area contributed by atoms with Crippen LogP contribution in [0.3, 0.4) is 0 Å². The van der Waals surface area contributed by atoms with Crippen LogP contribution in [0.5, 0.6) is 0 Å². The Morgan fingerprint density at radius 2 is 1.96 bits per heavy atom. The van der Waals surface area contributed by atoms with Crippen molar-refractivity contribution >= 4 is 35.2 Å². The third kappa shape index (κ3) is 5.30. The first-order valence-electron chi connectivity index (χ1n) is 9.03. The minimum Gasteiger partial charge on any atom is -0.444 e. The first kappa shape index (κ1) is 21.9. The van der Waals surface area contributed by atoms with Crippen molar-refractivity contribution < 1.29 is 14.3 Å². The number of nitrogens with zero attached hydrogens (tertiary/aromatic N) is 1. The van der Waals surface area contributed by atoms with Gasteiger partial charge in [0.05, 0.1) is 10.0 Å². The molecule has 2 atom stereocenters. The predicted molar refractivity (Wildman–Crippen MR) is 106 cm³/mol. The molecule has 2 heterocycles. The van der Waals surface area contributed by atoms with Crippen LogP contribution >= 0.6 is 23.2 Å². The Balaban J connectivity index is 2.25. The predicted octanol–water partition coefficient (Wildman–Crippen LogP) is 3.55. The molecule has 152 valence electrons. The van der Waals surface area contributed by atoms with Crippen molar-refractivity contribution in [2.24, 2.45) is 5.92 Å². The summed E-state index contributed by atoms with van der Waals surface area (Å²) in [7, 11) is 1.84. The monoisotopic (exact) mass is 418 g/mol. The molecule has 0 saturated carbocycles. The molecule has 2 rings (SSSR count). The zero-order chi connectivity index (χ0) is 20.4. The van der Waals surface area contributed by atoms with Gasteiger partial charge in [0.1, 0.15) is 17.5 Å². The summed E-state index contributed by atoms with van der Waals surface area (Å²) in [5, 5.41) is 6.57. The van der Waals surface area contributed by atoms with E-state index >= 15 is 0 Å². The van der Waals surface area contributed by atoms with E-state index in [4.69, 9.17) is 27.9 Å². The highest BCUT2D eigenvalue weighted by molar-refractivity contribution is 6.44. The molecular formula is C18H28Cl2N4O3.